The van der Waals surface area contributed by atoms with Gasteiger partial charge >= 0.3 is 0 Å². The molecule has 0 aliphatic rings. The lowest BCUT2D eigenvalue weighted by molar-refractivity contribution is 0.818. The Bertz CT molecular complexity index is 724. The van der Waals surface area contributed by atoms with Gasteiger partial charge in [0, 0.05) is 17.5 Å². The molecule has 0 fully saturated rings. The van der Waals surface area contributed by atoms with Crippen molar-refractivity contribution in [1.82, 2.24) is 4.98 Å². The van der Waals surface area contributed by atoms with Gasteiger partial charge < -0.3 is 10.7 Å². The number of hydrogen-bond acceptors (Lipinski definition) is 3. The number of aryl methyl sites for hydroxylation is 1. The van der Waals surface area contributed by atoms with Crippen molar-refractivity contribution in [3.63, 3.8) is 0 Å². The molecule has 3 N–H and O–H groups in total. The van der Waals surface area contributed by atoms with E-state index in [1.54, 1.807) is 6.07 Å². The van der Waals surface area contributed by atoms with Gasteiger partial charge in [0.1, 0.15) is 6.04 Å². The molecule has 96 valence electrons. The Labute approximate surface area is 110 Å². The molecule has 2 aromatic rings. The van der Waals surface area contributed by atoms with Crippen LogP contribution >= 0.6 is 0 Å². The normalized spacial score (nSPS) is 12.6. The van der Waals surface area contributed by atoms with Crippen LogP contribution in [0.25, 0.3) is 10.9 Å². The molecule has 5 nitrogen and oxygen atoms in total. The summed E-state index contributed by atoms with van der Waals surface area (Å²) in [6.07, 6.45) is 1.34. The highest BCUT2D eigenvalue weighted by atomic mass is 16.1. The number of fused-ring (bicyclic) bond motifs is 1. The monoisotopic (exact) mass is 254 g/mol. The molecule has 19 heavy (non-hydrogen) atoms. The molecule has 0 amide bonds. The number of nitrogens with zero attached hydrogens (tertiary/aromatic N) is 2. The molecule has 5 heteroatoms. The third-order valence-electron chi connectivity index (χ3n) is 2.90. The van der Waals surface area contributed by atoms with Crippen molar-refractivity contribution in [2.24, 2.45) is 10.7 Å². The van der Waals surface area contributed by atoms with E-state index in [-0.39, 0.29) is 12.0 Å². The van der Waals surface area contributed by atoms with E-state index < -0.39 is 6.04 Å². The van der Waals surface area contributed by atoms with Crippen LogP contribution < -0.4 is 11.3 Å². The molecule has 0 spiro atoms. The fourth-order valence-electron chi connectivity index (χ4n) is 1.97. The fourth-order valence-corrected chi connectivity index (χ4v) is 1.97. The molecular weight excluding hydrogens is 240 g/mol. The van der Waals surface area contributed by atoms with E-state index in [1.807, 2.05) is 31.2 Å². The van der Waals surface area contributed by atoms with Gasteiger partial charge in [0.25, 0.3) is 5.56 Å². The Morgan fingerprint density at radius 1 is 1.53 bits per heavy atom. The van der Waals surface area contributed by atoms with E-state index in [0.717, 1.165) is 22.8 Å². The number of benzene rings is 1. The standard InChI is InChI=1S/C14H14N4O/c1-9-2-3-13-10(4-9)5-11(14(19)18-13)6-12(7-15)17-8-16/h2-5,8,12H,6H2,1H3,(H2,16,17)(H,18,19). The van der Waals surface area contributed by atoms with E-state index in [0.29, 0.717) is 5.56 Å². The summed E-state index contributed by atoms with van der Waals surface area (Å²) >= 11 is 0. The van der Waals surface area contributed by atoms with Gasteiger partial charge in [0.05, 0.1) is 12.4 Å². The molecule has 0 bridgehead atoms. The Morgan fingerprint density at radius 3 is 3.00 bits per heavy atom. The van der Waals surface area contributed by atoms with Crippen molar-refractivity contribution in [3.05, 3.63) is 45.7 Å². The molecule has 0 aliphatic heterocycles. The molecule has 0 saturated carbocycles. The van der Waals surface area contributed by atoms with Gasteiger partial charge in [0.2, 0.25) is 0 Å². The second kappa shape index (κ2) is 5.36. The average molecular weight is 254 g/mol. The van der Waals surface area contributed by atoms with Crippen LogP contribution in [0.2, 0.25) is 0 Å². The maximum absolute atomic E-state index is 11.9. The second-order valence-electron chi connectivity index (χ2n) is 4.36. The minimum Gasteiger partial charge on any atom is -0.390 e. The number of nitrogens with one attached hydrogen (secondary N) is 1. The zero-order valence-corrected chi connectivity index (χ0v) is 10.6. The lowest BCUT2D eigenvalue weighted by atomic mass is 10.1. The lowest BCUT2D eigenvalue weighted by Crippen LogP contribution is -2.18. The van der Waals surface area contributed by atoms with E-state index in [2.05, 4.69) is 9.98 Å². The number of aliphatic imine (C=N–C) groups is 1. The van der Waals surface area contributed by atoms with Gasteiger partial charge in [-0.3, -0.25) is 9.79 Å². The van der Waals surface area contributed by atoms with Crippen LogP contribution in [0.5, 0.6) is 0 Å². The zero-order chi connectivity index (χ0) is 13.8. The van der Waals surface area contributed by atoms with E-state index in [9.17, 15) is 4.79 Å². The van der Waals surface area contributed by atoms with Gasteiger partial charge in [-0.15, -0.1) is 0 Å². The van der Waals surface area contributed by atoms with Gasteiger partial charge in [-0.25, -0.2) is 0 Å². The molecule has 1 atom stereocenters. The Kier molecular flexibility index (Phi) is 3.62. The maximum atomic E-state index is 11.9. The summed E-state index contributed by atoms with van der Waals surface area (Å²) in [5, 5.41) is 9.88. The highest BCUT2D eigenvalue weighted by Gasteiger charge is 2.10. The van der Waals surface area contributed by atoms with Crippen LogP contribution in [0.3, 0.4) is 0 Å². The lowest BCUT2D eigenvalue weighted by Gasteiger charge is -2.05. The van der Waals surface area contributed by atoms with Crippen LogP contribution in [-0.2, 0) is 6.42 Å². The maximum Gasteiger partial charge on any atom is 0.251 e. The van der Waals surface area contributed by atoms with Gasteiger partial charge in [-0.2, -0.15) is 5.26 Å². The van der Waals surface area contributed by atoms with Crippen LogP contribution in [0, 0.1) is 18.3 Å². The largest absolute Gasteiger partial charge is 0.390 e. The first-order chi connectivity index (χ1) is 9.13. The third-order valence-corrected chi connectivity index (χ3v) is 2.90. The zero-order valence-electron chi connectivity index (χ0n) is 10.6. The number of pyridine rings is 1. The molecule has 1 heterocycles. The predicted molar refractivity (Wildman–Crippen MR) is 75.1 cm³/mol. The van der Waals surface area contributed by atoms with Gasteiger partial charge in [0.15, 0.2) is 0 Å². The van der Waals surface area contributed by atoms with Crippen molar-refractivity contribution >= 4 is 17.2 Å². The second-order valence-corrected chi connectivity index (χ2v) is 4.36. The third kappa shape index (κ3) is 2.80. The number of H-pyrrole nitrogens is 1. The van der Waals surface area contributed by atoms with Crippen LogP contribution in [0.1, 0.15) is 11.1 Å². The van der Waals surface area contributed by atoms with Gasteiger partial charge in [-0.05, 0) is 30.5 Å². The van der Waals surface area contributed by atoms with Gasteiger partial charge in [-0.1, -0.05) is 11.6 Å². The number of aromatic amines is 1. The average Bonchev–Trinajstić information content (AvgIpc) is 2.39. The first-order valence-electron chi connectivity index (χ1n) is 5.89. The van der Waals surface area contributed by atoms with E-state index >= 15 is 0 Å². The number of nitrogens with two attached hydrogens (primary N) is 1. The Hall–Kier alpha value is -2.61. The molecule has 1 unspecified atom stereocenters. The predicted octanol–water partition coefficient (Wildman–Crippen LogP) is 1.26. The summed E-state index contributed by atoms with van der Waals surface area (Å²) < 4.78 is 0. The number of hydrogen-bond donors (Lipinski definition) is 2. The Morgan fingerprint density at radius 2 is 2.32 bits per heavy atom. The summed E-state index contributed by atoms with van der Waals surface area (Å²) in [7, 11) is 0. The molecule has 2 rings (SSSR count). The van der Waals surface area contributed by atoms with Crippen molar-refractivity contribution in [3.8, 4) is 6.07 Å². The molecule has 0 radical (unpaired) electrons. The quantitative estimate of drug-likeness (QED) is 0.637. The van der Waals surface area contributed by atoms with E-state index in [4.69, 9.17) is 11.0 Å². The Balaban J connectivity index is 2.46. The summed E-state index contributed by atoms with van der Waals surface area (Å²) in [6.45, 7) is 1.99. The molecule has 1 aromatic heterocycles. The first-order valence-corrected chi connectivity index (χ1v) is 5.89. The van der Waals surface area contributed by atoms with Crippen LogP contribution in [0.4, 0.5) is 0 Å². The summed E-state index contributed by atoms with van der Waals surface area (Å²) in [5.74, 6) is 0. The summed E-state index contributed by atoms with van der Waals surface area (Å²) in [4.78, 5) is 18.6. The number of aromatic nitrogens is 1. The smallest absolute Gasteiger partial charge is 0.251 e. The van der Waals surface area contributed by atoms with Crippen LogP contribution in [-0.4, -0.2) is 17.4 Å². The molecular formula is C14H14N4O. The van der Waals surface area contributed by atoms with Crippen molar-refractivity contribution in [2.75, 3.05) is 0 Å². The highest BCUT2D eigenvalue weighted by molar-refractivity contribution is 5.79. The van der Waals surface area contributed by atoms with Crippen molar-refractivity contribution in [2.45, 2.75) is 19.4 Å². The molecule has 1 aromatic carbocycles. The van der Waals surface area contributed by atoms with Crippen LogP contribution in [0.15, 0.2) is 34.1 Å². The molecule has 0 aliphatic carbocycles. The SMILES string of the molecule is Cc1ccc2[nH]c(=O)c(CC(C#N)N=CN)cc2c1. The topological polar surface area (TPSA) is 95.0 Å². The minimum atomic E-state index is -0.631. The molecule has 0 saturated heterocycles. The fraction of sp³-hybridized carbons (Fsp3) is 0.214. The summed E-state index contributed by atoms with van der Waals surface area (Å²) in [6, 6.07) is 8.98. The van der Waals surface area contributed by atoms with Crippen molar-refractivity contribution < 1.29 is 0 Å². The van der Waals surface area contributed by atoms with E-state index in [1.165, 1.54) is 0 Å². The van der Waals surface area contributed by atoms with Crippen molar-refractivity contribution in [1.29, 1.82) is 5.26 Å². The highest BCUT2D eigenvalue weighted by Crippen LogP contribution is 2.14. The first kappa shape index (κ1) is 12.8. The number of rotatable bonds is 3. The minimum absolute atomic E-state index is 0.191. The number of nitriles is 1. The summed E-state index contributed by atoms with van der Waals surface area (Å²) in [5.41, 5.74) is 7.43.